The number of halogens is 1. The largest absolute Gasteiger partial charge is 0.343 e. The molecule has 0 spiro atoms. The highest BCUT2D eigenvalue weighted by Gasteiger charge is 2.33. The number of amides is 2. The molecule has 0 saturated carbocycles. The van der Waals surface area contributed by atoms with Crippen LogP contribution in [0.15, 0.2) is 24.3 Å². The van der Waals surface area contributed by atoms with E-state index in [0.717, 1.165) is 24.0 Å². The molecule has 1 aromatic carbocycles. The number of fused-ring (bicyclic) bond motifs is 1. The van der Waals surface area contributed by atoms with Gasteiger partial charge >= 0.3 is 11.8 Å². The number of piperidine rings is 1. The van der Waals surface area contributed by atoms with Crippen molar-refractivity contribution in [1.82, 2.24) is 10.2 Å². The normalized spacial score (nSPS) is 23.8. The molecule has 1 fully saturated rings. The van der Waals surface area contributed by atoms with Gasteiger partial charge < -0.3 is 16.0 Å². The molecule has 0 unspecified atom stereocenters. The molecule has 0 bridgehead atoms. The van der Waals surface area contributed by atoms with Gasteiger partial charge in [0.05, 0.1) is 12.1 Å². The molecule has 6 heteroatoms. The van der Waals surface area contributed by atoms with Gasteiger partial charge in [-0.15, -0.1) is 12.4 Å². The Kier molecular flexibility index (Phi) is 5.65. The first-order valence-electron chi connectivity index (χ1n) is 7.99. The van der Waals surface area contributed by atoms with Crippen LogP contribution in [0.3, 0.4) is 0 Å². The van der Waals surface area contributed by atoms with Crippen LogP contribution < -0.4 is 11.1 Å². The number of nitrogens with one attached hydrogen (secondary N) is 1. The van der Waals surface area contributed by atoms with Gasteiger partial charge in [-0.2, -0.15) is 0 Å². The van der Waals surface area contributed by atoms with Crippen LogP contribution in [-0.4, -0.2) is 35.8 Å². The van der Waals surface area contributed by atoms with Crippen LogP contribution in [0.4, 0.5) is 0 Å². The van der Waals surface area contributed by atoms with Crippen LogP contribution >= 0.6 is 12.4 Å². The van der Waals surface area contributed by atoms with E-state index in [1.165, 1.54) is 0 Å². The van der Waals surface area contributed by atoms with Crippen molar-refractivity contribution in [2.75, 3.05) is 13.1 Å². The lowest BCUT2D eigenvalue weighted by Gasteiger charge is -2.30. The van der Waals surface area contributed by atoms with Crippen LogP contribution in [-0.2, 0) is 16.0 Å². The Morgan fingerprint density at radius 3 is 2.52 bits per heavy atom. The van der Waals surface area contributed by atoms with Gasteiger partial charge in [0, 0.05) is 13.1 Å². The van der Waals surface area contributed by atoms with Crippen molar-refractivity contribution in [3.05, 3.63) is 35.4 Å². The van der Waals surface area contributed by atoms with Gasteiger partial charge in [0.25, 0.3) is 0 Å². The molecule has 126 valence electrons. The summed E-state index contributed by atoms with van der Waals surface area (Å²) in [6.45, 7) is 3.52. The maximum atomic E-state index is 12.2. The first-order valence-corrected chi connectivity index (χ1v) is 7.99. The van der Waals surface area contributed by atoms with Crippen LogP contribution in [0.25, 0.3) is 0 Å². The van der Waals surface area contributed by atoms with E-state index in [4.69, 9.17) is 5.73 Å². The number of benzene rings is 1. The van der Waals surface area contributed by atoms with Gasteiger partial charge in [-0.1, -0.05) is 31.2 Å². The van der Waals surface area contributed by atoms with E-state index in [9.17, 15) is 9.59 Å². The first-order chi connectivity index (χ1) is 10.6. The molecule has 0 aromatic heterocycles. The molecule has 2 amide bonds. The van der Waals surface area contributed by atoms with E-state index in [1.807, 2.05) is 24.3 Å². The fraction of sp³-hybridized carbons (Fsp3) is 0.529. The van der Waals surface area contributed by atoms with Crippen LogP contribution in [0, 0.1) is 5.92 Å². The summed E-state index contributed by atoms with van der Waals surface area (Å²) in [5, 5.41) is 2.83. The Bertz CT molecular complexity index is 585. The fourth-order valence-electron chi connectivity index (χ4n) is 3.35. The number of nitrogens with two attached hydrogens (primary N) is 1. The summed E-state index contributed by atoms with van der Waals surface area (Å²) in [4.78, 5) is 26.1. The lowest BCUT2D eigenvalue weighted by atomic mass is 9.99. The maximum Gasteiger partial charge on any atom is 0.311 e. The van der Waals surface area contributed by atoms with E-state index in [1.54, 1.807) is 4.90 Å². The minimum atomic E-state index is -0.525. The Hall–Kier alpha value is -1.59. The smallest absolute Gasteiger partial charge is 0.311 e. The number of carbonyl (C=O) groups excluding carboxylic acids is 2. The zero-order chi connectivity index (χ0) is 15.7. The van der Waals surface area contributed by atoms with Crippen molar-refractivity contribution < 1.29 is 9.59 Å². The Morgan fingerprint density at radius 2 is 1.87 bits per heavy atom. The second kappa shape index (κ2) is 7.32. The predicted octanol–water partition coefficient (Wildman–Crippen LogP) is 1.41. The number of likely N-dealkylation sites (tertiary alicyclic amines) is 1. The lowest BCUT2D eigenvalue weighted by Crippen LogP contribution is -2.50. The van der Waals surface area contributed by atoms with Crippen molar-refractivity contribution in [1.29, 1.82) is 0 Å². The molecule has 5 nitrogen and oxygen atoms in total. The van der Waals surface area contributed by atoms with E-state index in [-0.39, 0.29) is 24.5 Å². The van der Waals surface area contributed by atoms with Gasteiger partial charge in [0.2, 0.25) is 0 Å². The van der Waals surface area contributed by atoms with Crippen molar-refractivity contribution >= 4 is 24.2 Å². The van der Waals surface area contributed by atoms with Crippen LogP contribution in [0.2, 0.25) is 0 Å². The number of nitrogens with zero attached hydrogens (tertiary/aromatic N) is 1. The molecule has 1 saturated heterocycles. The van der Waals surface area contributed by atoms with Crippen molar-refractivity contribution in [2.24, 2.45) is 11.7 Å². The van der Waals surface area contributed by atoms with Crippen molar-refractivity contribution in [3.63, 3.8) is 0 Å². The molecule has 23 heavy (non-hydrogen) atoms. The van der Waals surface area contributed by atoms with E-state index in [0.29, 0.717) is 25.4 Å². The minimum Gasteiger partial charge on any atom is -0.343 e. The topological polar surface area (TPSA) is 75.4 Å². The number of hydrogen-bond donors (Lipinski definition) is 2. The molecule has 1 aliphatic heterocycles. The zero-order valence-corrected chi connectivity index (χ0v) is 14.1. The standard InChI is InChI=1S/C17H23N3O2.ClH/c1-11-6-8-20(9-7-11)17(22)16(21)19-14-10-12-4-2-3-5-13(12)15(14)18;/h2-5,11,14-15H,6-10,18H2,1H3,(H,19,21);1H/t14-,15-;/m1./s1. The Morgan fingerprint density at radius 1 is 1.22 bits per heavy atom. The summed E-state index contributed by atoms with van der Waals surface area (Å²) in [5.41, 5.74) is 8.41. The SMILES string of the molecule is CC1CCN(C(=O)C(=O)N[C@@H]2Cc3ccccc3[C@H]2N)CC1.Cl. The molecule has 2 atom stereocenters. The second-order valence-corrected chi connectivity index (χ2v) is 6.48. The summed E-state index contributed by atoms with van der Waals surface area (Å²) in [5.74, 6) is -0.317. The molecule has 1 heterocycles. The van der Waals surface area contributed by atoms with Gasteiger partial charge in [0.1, 0.15) is 0 Å². The Balaban J connectivity index is 0.00000192. The van der Waals surface area contributed by atoms with E-state index < -0.39 is 11.8 Å². The van der Waals surface area contributed by atoms with E-state index in [2.05, 4.69) is 12.2 Å². The minimum absolute atomic E-state index is 0. The molecule has 1 aromatic rings. The third kappa shape index (κ3) is 3.67. The van der Waals surface area contributed by atoms with Crippen LogP contribution in [0.1, 0.15) is 36.9 Å². The second-order valence-electron chi connectivity index (χ2n) is 6.48. The number of hydrogen-bond acceptors (Lipinski definition) is 3. The highest BCUT2D eigenvalue weighted by molar-refractivity contribution is 6.35. The summed E-state index contributed by atoms with van der Waals surface area (Å²) in [6, 6.07) is 7.49. The predicted molar refractivity (Wildman–Crippen MR) is 91.2 cm³/mol. The molecular formula is C17H24ClN3O2. The average molecular weight is 338 g/mol. The quantitative estimate of drug-likeness (QED) is 0.761. The summed E-state index contributed by atoms with van der Waals surface area (Å²) < 4.78 is 0. The highest BCUT2D eigenvalue weighted by Crippen LogP contribution is 2.29. The van der Waals surface area contributed by atoms with Crippen molar-refractivity contribution in [2.45, 2.75) is 38.3 Å². The van der Waals surface area contributed by atoms with Crippen molar-refractivity contribution in [3.8, 4) is 0 Å². The third-order valence-electron chi connectivity index (χ3n) is 4.87. The maximum absolute atomic E-state index is 12.2. The summed E-state index contributed by atoms with van der Waals surface area (Å²) >= 11 is 0. The third-order valence-corrected chi connectivity index (χ3v) is 4.87. The number of carbonyl (C=O) groups is 2. The summed E-state index contributed by atoms with van der Waals surface area (Å²) in [6.07, 6.45) is 2.62. The molecule has 3 rings (SSSR count). The number of rotatable bonds is 1. The zero-order valence-electron chi connectivity index (χ0n) is 13.3. The molecular weight excluding hydrogens is 314 g/mol. The summed E-state index contributed by atoms with van der Waals surface area (Å²) in [7, 11) is 0. The average Bonchev–Trinajstić information content (AvgIpc) is 2.84. The van der Waals surface area contributed by atoms with Gasteiger partial charge in [0.15, 0.2) is 0 Å². The lowest BCUT2D eigenvalue weighted by molar-refractivity contribution is -0.147. The molecule has 1 aliphatic carbocycles. The van der Waals surface area contributed by atoms with E-state index >= 15 is 0 Å². The monoisotopic (exact) mass is 337 g/mol. The highest BCUT2D eigenvalue weighted by atomic mass is 35.5. The molecule has 3 N–H and O–H groups in total. The Labute approximate surface area is 143 Å². The fourth-order valence-corrected chi connectivity index (χ4v) is 3.35. The molecule has 0 radical (unpaired) electrons. The van der Waals surface area contributed by atoms with Gasteiger partial charge in [-0.25, -0.2) is 0 Å². The van der Waals surface area contributed by atoms with Gasteiger partial charge in [-0.05, 0) is 36.3 Å². The van der Waals surface area contributed by atoms with Gasteiger partial charge in [-0.3, -0.25) is 9.59 Å². The first kappa shape index (κ1) is 17.8. The van der Waals surface area contributed by atoms with Crippen LogP contribution in [0.5, 0.6) is 0 Å². The molecule has 2 aliphatic rings.